The molecule has 0 radical (unpaired) electrons. The van der Waals surface area contributed by atoms with Gasteiger partial charge in [-0.3, -0.25) is 0 Å². The summed E-state index contributed by atoms with van der Waals surface area (Å²) in [5.74, 6) is -0.150. The summed E-state index contributed by atoms with van der Waals surface area (Å²) in [6, 6.07) is 4.56. The van der Waals surface area contributed by atoms with Gasteiger partial charge in [-0.1, -0.05) is 11.3 Å². The van der Waals surface area contributed by atoms with Crippen LogP contribution >= 0.6 is 0 Å². The summed E-state index contributed by atoms with van der Waals surface area (Å²) in [6.45, 7) is -1.08. The molecule has 0 saturated carbocycles. The predicted octanol–water partition coefficient (Wildman–Crippen LogP) is 1.38. The average Bonchev–Trinajstić information content (AvgIpc) is 2.77. The Labute approximate surface area is 107 Å². The largest absolute Gasteiger partial charge is 0.417 e. The van der Waals surface area contributed by atoms with Crippen molar-refractivity contribution in [3.05, 3.63) is 35.8 Å². The summed E-state index contributed by atoms with van der Waals surface area (Å²) >= 11 is 0. The van der Waals surface area contributed by atoms with Crippen LogP contribution in [-0.4, -0.2) is 31.7 Å². The van der Waals surface area contributed by atoms with Crippen molar-refractivity contribution < 1.29 is 18.6 Å². The monoisotopic (exact) mass is 270 g/mol. The van der Waals surface area contributed by atoms with Crippen LogP contribution in [0.4, 0.5) is 8.78 Å². The quantitative estimate of drug-likeness (QED) is 0.888. The zero-order chi connectivity index (χ0) is 13.8. The highest BCUT2D eigenvalue weighted by Crippen LogP contribution is 2.12. The minimum atomic E-state index is -2.91. The zero-order valence-corrected chi connectivity index (χ0v) is 10.1. The molecule has 2 heterocycles. The second kappa shape index (κ2) is 5.70. The first kappa shape index (κ1) is 13.3. The van der Waals surface area contributed by atoms with Crippen molar-refractivity contribution in [2.45, 2.75) is 26.2 Å². The van der Waals surface area contributed by atoms with Gasteiger partial charge >= 0.3 is 6.61 Å². The molecule has 8 heteroatoms. The second-order valence-corrected chi connectivity index (χ2v) is 3.86. The number of hydrogen-bond acceptors (Lipinski definition) is 5. The van der Waals surface area contributed by atoms with Gasteiger partial charge in [0.2, 0.25) is 5.88 Å². The van der Waals surface area contributed by atoms with Crippen LogP contribution in [0, 0.1) is 0 Å². The molecule has 0 bridgehead atoms. The topological polar surface area (TPSA) is 73.1 Å². The first-order valence-corrected chi connectivity index (χ1v) is 5.53. The molecule has 102 valence electrons. The molecule has 0 aliphatic heterocycles. The molecule has 19 heavy (non-hydrogen) atoms. The van der Waals surface area contributed by atoms with Crippen LogP contribution in [0.1, 0.15) is 24.4 Å². The van der Waals surface area contributed by atoms with E-state index in [0.29, 0.717) is 11.4 Å². The summed E-state index contributed by atoms with van der Waals surface area (Å²) < 4.78 is 29.8. The molecule has 1 N–H and O–H groups in total. The summed E-state index contributed by atoms with van der Waals surface area (Å²) in [4.78, 5) is 3.91. The fourth-order valence-electron chi connectivity index (χ4n) is 1.45. The molecule has 0 fully saturated rings. The molecule has 2 rings (SSSR count). The first-order chi connectivity index (χ1) is 9.04. The van der Waals surface area contributed by atoms with E-state index in [1.165, 1.54) is 10.7 Å². The lowest BCUT2D eigenvalue weighted by atomic mass is 10.3. The molecule has 0 aliphatic rings. The van der Waals surface area contributed by atoms with E-state index in [9.17, 15) is 13.9 Å². The van der Waals surface area contributed by atoms with Crippen LogP contribution in [-0.2, 0) is 6.54 Å². The fraction of sp³-hybridized carbons (Fsp3) is 0.364. The van der Waals surface area contributed by atoms with Gasteiger partial charge in [0.15, 0.2) is 0 Å². The molecule has 0 unspecified atom stereocenters. The van der Waals surface area contributed by atoms with Crippen LogP contribution in [0.2, 0.25) is 0 Å². The molecule has 0 spiro atoms. The van der Waals surface area contributed by atoms with Crippen molar-refractivity contribution in [1.29, 1.82) is 0 Å². The molecular formula is C11H12F2N4O2. The smallest absolute Gasteiger partial charge is 0.388 e. The van der Waals surface area contributed by atoms with E-state index in [1.807, 2.05) is 0 Å². The fourth-order valence-corrected chi connectivity index (χ4v) is 1.45. The maximum atomic E-state index is 12.1. The number of aliphatic hydroxyl groups is 1. The van der Waals surface area contributed by atoms with Crippen LogP contribution < -0.4 is 4.74 Å². The van der Waals surface area contributed by atoms with Gasteiger partial charge in [0.05, 0.1) is 24.5 Å². The number of rotatable bonds is 5. The molecule has 2 aromatic rings. The average molecular weight is 270 g/mol. The Balaban J connectivity index is 2.09. The Kier molecular flexibility index (Phi) is 4.00. The van der Waals surface area contributed by atoms with Crippen LogP contribution in [0.3, 0.4) is 0 Å². The molecule has 0 saturated heterocycles. The third-order valence-electron chi connectivity index (χ3n) is 2.30. The minimum Gasteiger partial charge on any atom is -0.417 e. The predicted molar refractivity (Wildman–Crippen MR) is 60.6 cm³/mol. The lowest BCUT2D eigenvalue weighted by molar-refractivity contribution is -0.0529. The number of halogens is 2. The lowest BCUT2D eigenvalue weighted by Gasteiger charge is -2.05. The van der Waals surface area contributed by atoms with Crippen molar-refractivity contribution in [2.75, 3.05) is 0 Å². The highest BCUT2D eigenvalue weighted by molar-refractivity contribution is 5.16. The molecule has 0 amide bonds. The first-order valence-electron chi connectivity index (χ1n) is 5.53. The van der Waals surface area contributed by atoms with E-state index in [-0.39, 0.29) is 12.4 Å². The number of pyridine rings is 1. The number of nitrogens with zero attached hydrogens (tertiary/aromatic N) is 4. The van der Waals surface area contributed by atoms with Gasteiger partial charge in [0.25, 0.3) is 0 Å². The van der Waals surface area contributed by atoms with E-state index >= 15 is 0 Å². The van der Waals surface area contributed by atoms with Gasteiger partial charge < -0.3 is 9.84 Å². The van der Waals surface area contributed by atoms with Gasteiger partial charge in [0.1, 0.15) is 5.69 Å². The number of alkyl halides is 2. The Morgan fingerprint density at radius 3 is 2.84 bits per heavy atom. The summed E-state index contributed by atoms with van der Waals surface area (Å²) in [5.41, 5.74) is 0.931. The van der Waals surface area contributed by atoms with Crippen molar-refractivity contribution in [3.63, 3.8) is 0 Å². The second-order valence-electron chi connectivity index (χ2n) is 3.86. The maximum Gasteiger partial charge on any atom is 0.388 e. The Morgan fingerprint density at radius 1 is 1.42 bits per heavy atom. The summed E-state index contributed by atoms with van der Waals surface area (Å²) in [5, 5.41) is 16.9. The Hall–Kier alpha value is -2.09. The van der Waals surface area contributed by atoms with Crippen molar-refractivity contribution >= 4 is 0 Å². The molecule has 2 aromatic heterocycles. The molecular weight excluding hydrogens is 258 g/mol. The van der Waals surface area contributed by atoms with E-state index in [2.05, 4.69) is 20.0 Å². The zero-order valence-electron chi connectivity index (χ0n) is 10.1. The van der Waals surface area contributed by atoms with E-state index in [4.69, 9.17) is 0 Å². The third-order valence-corrected chi connectivity index (χ3v) is 2.30. The number of hydrogen-bond donors (Lipinski definition) is 1. The maximum absolute atomic E-state index is 12.1. The summed E-state index contributed by atoms with van der Waals surface area (Å²) in [7, 11) is 0. The Bertz CT molecular complexity index is 545. The van der Waals surface area contributed by atoms with Gasteiger partial charge in [-0.25, -0.2) is 9.67 Å². The van der Waals surface area contributed by atoms with E-state index < -0.39 is 12.7 Å². The molecule has 0 aliphatic carbocycles. The van der Waals surface area contributed by atoms with Gasteiger partial charge in [0, 0.05) is 6.07 Å². The van der Waals surface area contributed by atoms with Crippen LogP contribution in [0.15, 0.2) is 24.4 Å². The number of aromatic nitrogens is 4. The minimum absolute atomic E-state index is 0.150. The molecule has 0 aromatic carbocycles. The lowest BCUT2D eigenvalue weighted by Crippen LogP contribution is -2.07. The van der Waals surface area contributed by atoms with E-state index in [0.717, 1.165) is 0 Å². The van der Waals surface area contributed by atoms with Crippen molar-refractivity contribution in [3.8, 4) is 5.88 Å². The Morgan fingerprint density at radius 2 is 2.21 bits per heavy atom. The highest BCUT2D eigenvalue weighted by Gasteiger charge is 2.09. The van der Waals surface area contributed by atoms with E-state index in [1.54, 1.807) is 25.3 Å². The molecule has 1 atom stereocenters. The highest BCUT2D eigenvalue weighted by atomic mass is 19.3. The summed E-state index contributed by atoms with van der Waals surface area (Å²) in [6.07, 6.45) is 0.850. The SMILES string of the molecule is C[C@H](O)c1cn(Cc2cccc(OC(F)F)n2)nn1. The normalized spacial score (nSPS) is 12.7. The van der Waals surface area contributed by atoms with Gasteiger partial charge in [-0.15, -0.1) is 5.10 Å². The van der Waals surface area contributed by atoms with Crippen LogP contribution in [0.5, 0.6) is 5.88 Å². The molecule has 6 nitrogen and oxygen atoms in total. The van der Waals surface area contributed by atoms with Crippen molar-refractivity contribution in [1.82, 2.24) is 20.0 Å². The number of ether oxygens (including phenoxy) is 1. The van der Waals surface area contributed by atoms with Crippen LogP contribution in [0.25, 0.3) is 0 Å². The van der Waals surface area contributed by atoms with Gasteiger partial charge in [-0.05, 0) is 13.0 Å². The third kappa shape index (κ3) is 3.68. The number of aliphatic hydroxyl groups excluding tert-OH is 1. The van der Waals surface area contributed by atoms with Gasteiger partial charge in [-0.2, -0.15) is 8.78 Å². The standard InChI is InChI=1S/C11H12F2N4O2/c1-7(18)9-6-17(16-15-9)5-8-3-2-4-10(14-8)19-11(12)13/h2-4,6-7,11,18H,5H2,1H3/t7-/m0/s1. The van der Waals surface area contributed by atoms with Crippen molar-refractivity contribution in [2.24, 2.45) is 0 Å².